The van der Waals surface area contributed by atoms with E-state index in [2.05, 4.69) is 20.5 Å². The maximum absolute atomic E-state index is 12.0. The molecular formula is C21H22N6O6S2. The van der Waals surface area contributed by atoms with Crippen LogP contribution in [0.25, 0.3) is 0 Å². The first-order chi connectivity index (χ1) is 16.4. The van der Waals surface area contributed by atoms with Gasteiger partial charge in [0.05, 0.1) is 40.0 Å². The van der Waals surface area contributed by atoms with Crippen LogP contribution in [0.5, 0.6) is 0 Å². The van der Waals surface area contributed by atoms with Crippen LogP contribution in [0.4, 0.5) is 34.1 Å². The van der Waals surface area contributed by atoms with E-state index >= 15 is 0 Å². The Hall–Kier alpha value is -3.72. The topological polar surface area (TPSA) is 210 Å². The SMILES string of the molecule is Cc1ccccc1N=Nc1c(N)c(N=Nc2ccc(S(=O)(=O)CCO)cc2)cc(S(=O)(=O)O)c1N. The summed E-state index contributed by atoms with van der Waals surface area (Å²) in [5.74, 6) is -0.423. The Morgan fingerprint density at radius 1 is 0.829 bits per heavy atom. The molecule has 0 radical (unpaired) electrons. The molecular weight excluding hydrogens is 496 g/mol. The number of rotatable bonds is 8. The van der Waals surface area contributed by atoms with Gasteiger partial charge >= 0.3 is 0 Å². The summed E-state index contributed by atoms with van der Waals surface area (Å²) in [6, 6.07) is 13.3. The summed E-state index contributed by atoms with van der Waals surface area (Å²) >= 11 is 0. The zero-order chi connectivity index (χ0) is 25.8. The van der Waals surface area contributed by atoms with E-state index in [1.54, 1.807) is 25.1 Å². The van der Waals surface area contributed by atoms with Gasteiger partial charge in [0.2, 0.25) is 0 Å². The molecule has 0 aliphatic heterocycles. The summed E-state index contributed by atoms with van der Waals surface area (Å²) in [5.41, 5.74) is 12.6. The van der Waals surface area contributed by atoms with E-state index in [4.69, 9.17) is 16.6 Å². The molecule has 184 valence electrons. The zero-order valence-electron chi connectivity index (χ0n) is 18.4. The molecule has 35 heavy (non-hydrogen) atoms. The van der Waals surface area contributed by atoms with Crippen molar-refractivity contribution in [2.75, 3.05) is 23.8 Å². The fourth-order valence-electron chi connectivity index (χ4n) is 2.92. The Morgan fingerprint density at radius 2 is 1.46 bits per heavy atom. The highest BCUT2D eigenvalue weighted by molar-refractivity contribution is 7.91. The van der Waals surface area contributed by atoms with E-state index in [9.17, 15) is 21.4 Å². The van der Waals surface area contributed by atoms with Crippen molar-refractivity contribution in [2.45, 2.75) is 16.7 Å². The van der Waals surface area contributed by atoms with Crippen molar-refractivity contribution in [3.05, 3.63) is 60.2 Å². The van der Waals surface area contributed by atoms with E-state index in [-0.39, 0.29) is 27.6 Å². The minimum atomic E-state index is -4.77. The molecule has 0 heterocycles. The van der Waals surface area contributed by atoms with Gasteiger partial charge in [-0.05, 0) is 48.9 Å². The van der Waals surface area contributed by atoms with Crippen LogP contribution in [-0.2, 0) is 20.0 Å². The second-order valence-electron chi connectivity index (χ2n) is 7.27. The van der Waals surface area contributed by atoms with Crippen LogP contribution < -0.4 is 11.5 Å². The lowest BCUT2D eigenvalue weighted by Crippen LogP contribution is -2.09. The molecule has 14 heteroatoms. The summed E-state index contributed by atoms with van der Waals surface area (Å²) in [6.07, 6.45) is 0. The molecule has 0 saturated heterocycles. The third-order valence-electron chi connectivity index (χ3n) is 4.80. The molecule has 0 bridgehead atoms. The number of anilines is 2. The smallest absolute Gasteiger partial charge is 0.296 e. The first-order valence-electron chi connectivity index (χ1n) is 9.96. The molecule has 0 spiro atoms. The lowest BCUT2D eigenvalue weighted by molar-refractivity contribution is 0.319. The van der Waals surface area contributed by atoms with Gasteiger partial charge in [0, 0.05) is 0 Å². The first-order valence-corrected chi connectivity index (χ1v) is 13.1. The van der Waals surface area contributed by atoms with E-state index in [1.165, 1.54) is 24.3 Å². The maximum atomic E-state index is 12.0. The standard InChI is InChI=1S/C21H22N6O6S2/c1-13-4-2-3-5-16(13)25-27-21-19(22)17(12-18(20(21)23)35(31,32)33)26-24-14-6-8-15(9-7-14)34(29,30)11-10-28/h2-9,12,28H,10-11,22-23H2,1H3,(H,31,32,33). The average Bonchev–Trinajstić information content (AvgIpc) is 2.79. The Balaban J connectivity index is 2.04. The van der Waals surface area contributed by atoms with Crippen LogP contribution in [0.1, 0.15) is 5.56 Å². The number of azo groups is 2. The van der Waals surface area contributed by atoms with Gasteiger partial charge < -0.3 is 16.6 Å². The summed E-state index contributed by atoms with van der Waals surface area (Å²) in [6.45, 7) is 1.29. The molecule has 0 fully saturated rings. The minimum Gasteiger partial charge on any atom is -0.396 e. The highest BCUT2D eigenvalue weighted by Crippen LogP contribution is 2.43. The van der Waals surface area contributed by atoms with Gasteiger partial charge in [-0.15, -0.1) is 10.2 Å². The van der Waals surface area contributed by atoms with Gasteiger partial charge in [-0.1, -0.05) is 18.2 Å². The highest BCUT2D eigenvalue weighted by Gasteiger charge is 2.22. The first kappa shape index (κ1) is 25.9. The lowest BCUT2D eigenvalue weighted by atomic mass is 10.2. The molecule has 3 aromatic carbocycles. The number of nitrogen functional groups attached to an aromatic ring is 2. The van der Waals surface area contributed by atoms with Gasteiger partial charge in [-0.2, -0.15) is 18.6 Å². The summed E-state index contributed by atoms with van der Waals surface area (Å²) in [4.78, 5) is -0.685. The molecule has 3 rings (SSSR count). The molecule has 0 aliphatic carbocycles. The Morgan fingerprint density at radius 3 is 2.06 bits per heavy atom. The number of hydrogen-bond acceptors (Lipinski definition) is 11. The predicted octanol–water partition coefficient (Wildman–Crippen LogP) is 4.00. The largest absolute Gasteiger partial charge is 0.396 e. The second kappa shape index (κ2) is 10.3. The van der Waals surface area contributed by atoms with E-state index in [0.717, 1.165) is 11.6 Å². The minimum absolute atomic E-state index is 0.00920. The molecule has 0 unspecified atom stereocenters. The normalized spacial score (nSPS) is 12.5. The third-order valence-corrected chi connectivity index (χ3v) is 7.40. The van der Waals surface area contributed by atoms with Crippen molar-refractivity contribution in [1.82, 2.24) is 0 Å². The fourth-order valence-corrected chi connectivity index (χ4v) is 4.58. The van der Waals surface area contributed by atoms with Gasteiger partial charge in [0.25, 0.3) is 10.1 Å². The number of nitrogens with zero attached hydrogens (tertiary/aromatic N) is 4. The van der Waals surface area contributed by atoms with Crippen molar-refractivity contribution in [2.24, 2.45) is 20.5 Å². The van der Waals surface area contributed by atoms with Gasteiger partial charge in [0.15, 0.2) is 9.84 Å². The molecule has 0 amide bonds. The summed E-state index contributed by atoms with van der Waals surface area (Å²) in [7, 11) is -8.41. The number of aryl methyl sites for hydroxylation is 1. The predicted molar refractivity (Wildman–Crippen MR) is 130 cm³/mol. The van der Waals surface area contributed by atoms with Crippen LogP contribution in [0.3, 0.4) is 0 Å². The van der Waals surface area contributed by atoms with Gasteiger partial charge in [-0.3, -0.25) is 4.55 Å². The number of sulfone groups is 1. The number of benzene rings is 3. The van der Waals surface area contributed by atoms with E-state index in [1.807, 2.05) is 6.07 Å². The summed E-state index contributed by atoms with van der Waals surface area (Å²) in [5, 5.41) is 24.8. The fraction of sp³-hybridized carbons (Fsp3) is 0.143. The third kappa shape index (κ3) is 6.05. The summed E-state index contributed by atoms with van der Waals surface area (Å²) < 4.78 is 57.4. The van der Waals surface area contributed by atoms with Gasteiger partial charge in [-0.25, -0.2) is 8.42 Å². The maximum Gasteiger partial charge on any atom is 0.296 e. The zero-order valence-corrected chi connectivity index (χ0v) is 20.0. The van der Waals surface area contributed by atoms with Crippen LogP contribution in [-0.4, -0.2) is 38.9 Å². The molecule has 0 aromatic heterocycles. The van der Waals surface area contributed by atoms with E-state index < -0.39 is 42.9 Å². The van der Waals surface area contributed by atoms with Gasteiger partial charge in [0.1, 0.15) is 16.3 Å². The Labute approximate surface area is 201 Å². The van der Waals surface area contributed by atoms with E-state index in [0.29, 0.717) is 5.69 Å². The van der Waals surface area contributed by atoms with Crippen LogP contribution in [0.15, 0.2) is 84.8 Å². The second-order valence-corrected chi connectivity index (χ2v) is 10.8. The van der Waals surface area contributed by atoms with Crippen molar-refractivity contribution in [1.29, 1.82) is 0 Å². The molecule has 3 aromatic rings. The van der Waals surface area contributed by atoms with Crippen LogP contribution in [0.2, 0.25) is 0 Å². The van der Waals surface area contributed by atoms with Crippen molar-refractivity contribution < 1.29 is 26.5 Å². The molecule has 0 saturated carbocycles. The monoisotopic (exact) mass is 518 g/mol. The quantitative estimate of drug-likeness (QED) is 0.194. The molecule has 6 N–H and O–H groups in total. The average molecular weight is 519 g/mol. The van der Waals surface area contributed by atoms with Crippen molar-refractivity contribution in [3.8, 4) is 0 Å². The van der Waals surface area contributed by atoms with Crippen molar-refractivity contribution in [3.63, 3.8) is 0 Å². The molecule has 12 nitrogen and oxygen atoms in total. The lowest BCUT2D eigenvalue weighted by Gasteiger charge is -2.10. The Kier molecular flexibility index (Phi) is 7.60. The number of hydrogen-bond donors (Lipinski definition) is 4. The highest BCUT2D eigenvalue weighted by atomic mass is 32.2. The molecule has 0 atom stereocenters. The number of nitrogens with two attached hydrogens (primary N) is 2. The molecule has 0 aliphatic rings. The number of aliphatic hydroxyl groups is 1. The van der Waals surface area contributed by atoms with Crippen molar-refractivity contribution >= 4 is 54.1 Å². The number of aliphatic hydroxyl groups excluding tert-OH is 1. The van der Waals surface area contributed by atoms with Crippen LogP contribution >= 0.6 is 0 Å². The van der Waals surface area contributed by atoms with Crippen LogP contribution in [0, 0.1) is 6.92 Å². The Bertz CT molecular complexity index is 1520.